The zero-order chi connectivity index (χ0) is 24.6. The number of fused-ring (bicyclic) bond motifs is 5. The van der Waals surface area contributed by atoms with Crippen molar-refractivity contribution in [2.75, 3.05) is 0 Å². The number of allylic oxidation sites excluding steroid dienone is 2. The molecule has 0 radical (unpaired) electrons. The Bertz CT molecular complexity index is 779. The lowest BCUT2D eigenvalue weighted by Crippen LogP contribution is -2.66. The van der Waals surface area contributed by atoms with E-state index in [4.69, 9.17) is 0 Å². The lowest BCUT2D eigenvalue weighted by Gasteiger charge is -2.70. The van der Waals surface area contributed by atoms with Gasteiger partial charge in [0.2, 0.25) is 0 Å². The minimum absolute atomic E-state index is 0.0503. The molecule has 0 spiro atoms. The molecule has 0 aromatic rings. The van der Waals surface area contributed by atoms with E-state index in [2.05, 4.69) is 54.5 Å². The molecule has 4 fully saturated rings. The molecule has 0 aromatic carbocycles. The third-order valence-corrected chi connectivity index (χ3v) is 12.4. The second-order valence-electron chi connectivity index (χ2n) is 14.5. The van der Waals surface area contributed by atoms with E-state index in [1.165, 1.54) is 18.4 Å². The third kappa shape index (κ3) is 3.61. The maximum atomic E-state index is 11.8. The predicted octanol–water partition coefficient (Wildman–Crippen LogP) is 6.50. The summed E-state index contributed by atoms with van der Waals surface area (Å²) in [5, 5.41) is 34.3. The molecule has 0 aliphatic heterocycles. The van der Waals surface area contributed by atoms with Crippen molar-refractivity contribution in [2.24, 2.45) is 45.3 Å². The van der Waals surface area contributed by atoms with E-state index in [9.17, 15) is 15.3 Å². The fourth-order valence-electron chi connectivity index (χ4n) is 10.3. The Morgan fingerprint density at radius 1 is 0.909 bits per heavy atom. The van der Waals surface area contributed by atoms with Crippen LogP contribution in [0.15, 0.2) is 11.6 Å². The Morgan fingerprint density at radius 2 is 1.55 bits per heavy atom. The van der Waals surface area contributed by atoms with Gasteiger partial charge in [0.05, 0.1) is 17.8 Å². The van der Waals surface area contributed by atoms with E-state index in [0.717, 1.165) is 44.9 Å². The summed E-state index contributed by atoms with van der Waals surface area (Å²) in [6.07, 6.45) is 10.6. The topological polar surface area (TPSA) is 60.7 Å². The predicted molar refractivity (Wildman–Crippen MR) is 136 cm³/mol. The molecule has 0 bridgehead atoms. The Labute approximate surface area is 203 Å². The quantitative estimate of drug-likeness (QED) is 0.420. The average molecular weight is 461 g/mol. The normalized spacial score (nSPS) is 50.5. The zero-order valence-corrected chi connectivity index (χ0v) is 22.7. The molecule has 4 rings (SSSR count). The van der Waals surface area contributed by atoms with Crippen LogP contribution in [0.25, 0.3) is 0 Å². The summed E-state index contributed by atoms with van der Waals surface area (Å²) in [4.78, 5) is 0. The number of hydrogen-bond acceptors (Lipinski definition) is 3. The minimum atomic E-state index is -0.739. The van der Waals surface area contributed by atoms with Crippen LogP contribution in [0.4, 0.5) is 0 Å². The summed E-state index contributed by atoms with van der Waals surface area (Å²) in [5.74, 6) is 1.31. The molecule has 4 aliphatic rings. The van der Waals surface area contributed by atoms with Crippen LogP contribution >= 0.6 is 0 Å². The zero-order valence-electron chi connectivity index (χ0n) is 22.7. The summed E-state index contributed by atoms with van der Waals surface area (Å²) in [6.45, 7) is 18.3. The molecule has 3 heteroatoms. The number of rotatable bonds is 4. The number of aliphatic hydroxyl groups is 3. The second kappa shape index (κ2) is 8.07. The molecule has 0 aromatic heterocycles. The number of aliphatic hydroxyl groups excluding tert-OH is 2. The first kappa shape index (κ1) is 25.7. The summed E-state index contributed by atoms with van der Waals surface area (Å²) in [7, 11) is 0. The molecular formula is C30H52O3. The molecule has 0 amide bonds. The molecule has 0 unspecified atom stereocenters. The molecular weight excluding hydrogens is 408 g/mol. The van der Waals surface area contributed by atoms with E-state index < -0.39 is 5.60 Å². The molecule has 33 heavy (non-hydrogen) atoms. The van der Waals surface area contributed by atoms with Gasteiger partial charge in [-0.15, -0.1) is 0 Å². The first-order valence-corrected chi connectivity index (χ1v) is 13.8. The van der Waals surface area contributed by atoms with Gasteiger partial charge in [-0.3, -0.25) is 0 Å². The lowest BCUT2D eigenvalue weighted by molar-refractivity contribution is -0.246. The van der Waals surface area contributed by atoms with Gasteiger partial charge in [0.1, 0.15) is 0 Å². The highest BCUT2D eigenvalue weighted by Gasteiger charge is 2.71. The first-order chi connectivity index (χ1) is 15.1. The van der Waals surface area contributed by atoms with E-state index in [-0.39, 0.29) is 45.7 Å². The van der Waals surface area contributed by atoms with E-state index >= 15 is 0 Å². The van der Waals surface area contributed by atoms with Gasteiger partial charge in [-0.25, -0.2) is 0 Å². The van der Waals surface area contributed by atoms with Crippen LogP contribution in [0.5, 0.6) is 0 Å². The summed E-state index contributed by atoms with van der Waals surface area (Å²) < 4.78 is 0. The van der Waals surface area contributed by atoms with Crippen molar-refractivity contribution in [1.82, 2.24) is 0 Å². The van der Waals surface area contributed by atoms with Crippen molar-refractivity contribution in [3.63, 3.8) is 0 Å². The smallest absolute Gasteiger partial charge is 0.0654 e. The fraction of sp³-hybridized carbons (Fsp3) is 0.933. The highest BCUT2D eigenvalue weighted by Crippen LogP contribution is 2.75. The first-order valence-electron chi connectivity index (χ1n) is 13.8. The Kier molecular flexibility index (Phi) is 6.28. The van der Waals surface area contributed by atoms with Crippen LogP contribution < -0.4 is 0 Å². The molecule has 4 saturated carbocycles. The highest BCUT2D eigenvalue weighted by molar-refractivity contribution is 5.20. The van der Waals surface area contributed by atoms with Crippen molar-refractivity contribution in [2.45, 2.75) is 131 Å². The molecule has 3 nitrogen and oxygen atoms in total. The molecule has 10 atom stereocenters. The molecule has 4 aliphatic carbocycles. The molecule has 190 valence electrons. The van der Waals surface area contributed by atoms with Crippen LogP contribution in [-0.2, 0) is 0 Å². The van der Waals surface area contributed by atoms with Gasteiger partial charge in [-0.1, -0.05) is 46.3 Å². The van der Waals surface area contributed by atoms with Crippen LogP contribution in [-0.4, -0.2) is 33.1 Å². The van der Waals surface area contributed by atoms with Gasteiger partial charge in [0.25, 0.3) is 0 Å². The van der Waals surface area contributed by atoms with E-state index in [1.54, 1.807) is 0 Å². The van der Waals surface area contributed by atoms with Crippen LogP contribution in [0.3, 0.4) is 0 Å². The van der Waals surface area contributed by atoms with Crippen molar-refractivity contribution in [3.8, 4) is 0 Å². The van der Waals surface area contributed by atoms with Gasteiger partial charge in [-0.2, -0.15) is 0 Å². The number of hydrogen-bond donors (Lipinski definition) is 3. The van der Waals surface area contributed by atoms with E-state index in [0.29, 0.717) is 11.8 Å². The third-order valence-electron chi connectivity index (χ3n) is 12.4. The molecule has 3 N–H and O–H groups in total. The van der Waals surface area contributed by atoms with Gasteiger partial charge in [0, 0.05) is 0 Å². The van der Waals surface area contributed by atoms with Crippen molar-refractivity contribution >= 4 is 0 Å². The van der Waals surface area contributed by atoms with Crippen LogP contribution in [0.2, 0.25) is 0 Å². The monoisotopic (exact) mass is 460 g/mol. The summed E-state index contributed by atoms with van der Waals surface area (Å²) >= 11 is 0. The fourth-order valence-corrected chi connectivity index (χ4v) is 10.3. The molecule has 0 heterocycles. The lowest BCUT2D eigenvalue weighted by atomic mass is 9.35. The van der Waals surface area contributed by atoms with Gasteiger partial charge in [0.15, 0.2) is 0 Å². The van der Waals surface area contributed by atoms with Gasteiger partial charge < -0.3 is 15.3 Å². The van der Waals surface area contributed by atoms with Crippen LogP contribution in [0, 0.1) is 45.3 Å². The van der Waals surface area contributed by atoms with Crippen molar-refractivity contribution in [3.05, 3.63) is 11.6 Å². The van der Waals surface area contributed by atoms with Crippen molar-refractivity contribution < 1.29 is 15.3 Å². The maximum Gasteiger partial charge on any atom is 0.0654 e. The van der Waals surface area contributed by atoms with Gasteiger partial charge in [-0.05, 0) is 124 Å². The Morgan fingerprint density at radius 3 is 2.18 bits per heavy atom. The summed E-state index contributed by atoms with van der Waals surface area (Å²) in [5.41, 5.74) is 0.885. The maximum absolute atomic E-state index is 11.8. The standard InChI is InChI=1S/C30H52O3/c1-19(2)10-9-14-30(8,33)20-11-16-29(7)25(20)21(31)18-23-27(5)15-13-24(32)26(3,4)22(27)12-17-28(23,29)6/h10,20-25,31-33H,9,11-18H2,1-8H3/t20-,21-,22-,23-,24+,25-,27-,28+,29+,30-/m0/s1. The van der Waals surface area contributed by atoms with Crippen molar-refractivity contribution in [1.29, 1.82) is 0 Å². The Balaban J connectivity index is 1.66. The average Bonchev–Trinajstić information content (AvgIpc) is 3.08. The largest absolute Gasteiger partial charge is 0.393 e. The molecule has 0 saturated heterocycles. The Hall–Kier alpha value is -0.380. The summed E-state index contributed by atoms with van der Waals surface area (Å²) in [6, 6.07) is 0. The highest BCUT2D eigenvalue weighted by atomic mass is 16.3. The minimum Gasteiger partial charge on any atom is -0.393 e. The SMILES string of the molecule is CC(C)=CCC[C@](C)(O)[C@H]1CC[C@]2(C)[C@@H]1[C@@H](O)C[C@H]1[C@@]3(C)CC[C@@H](O)C(C)(C)[C@@H]3CC[C@]12C. The second-order valence-corrected chi connectivity index (χ2v) is 14.5. The van der Waals surface area contributed by atoms with Gasteiger partial charge >= 0.3 is 0 Å². The van der Waals surface area contributed by atoms with E-state index in [1.807, 2.05) is 6.92 Å². The van der Waals surface area contributed by atoms with Crippen LogP contribution in [0.1, 0.15) is 113 Å².